The minimum absolute atomic E-state index is 0.117. The zero-order valence-corrected chi connectivity index (χ0v) is 11.9. The van der Waals surface area contributed by atoms with Gasteiger partial charge in [-0.3, -0.25) is 0 Å². The highest BCUT2D eigenvalue weighted by Gasteiger charge is 2.10. The predicted molar refractivity (Wildman–Crippen MR) is 72.6 cm³/mol. The lowest BCUT2D eigenvalue weighted by atomic mass is 10.3. The molecule has 17 heavy (non-hydrogen) atoms. The first kappa shape index (κ1) is 12.3. The van der Waals surface area contributed by atoms with Gasteiger partial charge >= 0.3 is 0 Å². The fraction of sp³-hybridized carbons (Fsp3) is 0.273. The number of hydrogen-bond donors (Lipinski definition) is 1. The van der Waals surface area contributed by atoms with Gasteiger partial charge in [-0.1, -0.05) is 0 Å². The number of rotatable bonds is 4. The van der Waals surface area contributed by atoms with Gasteiger partial charge in [0.05, 0.1) is 23.1 Å². The van der Waals surface area contributed by atoms with Crippen LogP contribution in [0.15, 0.2) is 28.3 Å². The zero-order chi connectivity index (χ0) is 12.3. The van der Waals surface area contributed by atoms with E-state index >= 15 is 0 Å². The Hall–Kier alpha value is -1.14. The third kappa shape index (κ3) is 3.17. The maximum Gasteiger partial charge on any atom is 0.130 e. The summed E-state index contributed by atoms with van der Waals surface area (Å²) in [7, 11) is 1.64. The number of hydrogen-bond acceptors (Lipinski definition) is 5. The van der Waals surface area contributed by atoms with Gasteiger partial charge in [0.2, 0.25) is 0 Å². The fourth-order valence-electron chi connectivity index (χ4n) is 1.37. The fourth-order valence-corrected chi connectivity index (χ4v) is 2.61. The van der Waals surface area contributed by atoms with Gasteiger partial charge in [-0.05, 0) is 28.9 Å². The van der Waals surface area contributed by atoms with Gasteiger partial charge in [-0.2, -0.15) is 0 Å². The van der Waals surface area contributed by atoms with Crippen LogP contribution in [0.3, 0.4) is 0 Å². The van der Waals surface area contributed by atoms with E-state index in [4.69, 9.17) is 4.74 Å². The van der Waals surface area contributed by atoms with Crippen molar-refractivity contribution in [3.63, 3.8) is 0 Å². The van der Waals surface area contributed by atoms with Crippen molar-refractivity contribution in [2.45, 2.75) is 13.0 Å². The molecule has 90 valence electrons. The number of methoxy groups -OCH3 is 1. The molecule has 1 unspecified atom stereocenters. The number of thiazole rings is 1. The first-order valence-electron chi connectivity index (χ1n) is 5.07. The molecule has 0 aliphatic carbocycles. The number of anilines is 1. The monoisotopic (exact) mass is 313 g/mol. The molecule has 1 atom stereocenters. The van der Waals surface area contributed by atoms with Crippen molar-refractivity contribution < 1.29 is 4.74 Å². The Kier molecular flexibility index (Phi) is 3.96. The van der Waals surface area contributed by atoms with Crippen molar-refractivity contribution >= 4 is 33.1 Å². The topological polar surface area (TPSA) is 47.0 Å². The van der Waals surface area contributed by atoms with E-state index in [1.165, 1.54) is 0 Å². The first-order valence-corrected chi connectivity index (χ1v) is 6.68. The van der Waals surface area contributed by atoms with Crippen molar-refractivity contribution in [1.82, 2.24) is 9.97 Å². The molecular weight excluding hydrogens is 302 g/mol. The Morgan fingerprint density at radius 2 is 2.29 bits per heavy atom. The lowest BCUT2D eigenvalue weighted by Crippen LogP contribution is -2.07. The summed E-state index contributed by atoms with van der Waals surface area (Å²) >= 11 is 5.01. The molecule has 0 aliphatic rings. The second-order valence-electron chi connectivity index (χ2n) is 3.45. The van der Waals surface area contributed by atoms with Crippen LogP contribution >= 0.6 is 27.3 Å². The maximum absolute atomic E-state index is 5.15. The van der Waals surface area contributed by atoms with Crippen LogP contribution in [-0.4, -0.2) is 17.1 Å². The SMILES string of the molecule is COc1ccnc(NC(C)c2ncc(Br)s2)c1. The molecular formula is C11H12BrN3OS. The molecule has 0 radical (unpaired) electrons. The summed E-state index contributed by atoms with van der Waals surface area (Å²) in [6.45, 7) is 2.05. The molecule has 6 heteroatoms. The van der Waals surface area contributed by atoms with E-state index in [1.807, 2.05) is 19.1 Å². The van der Waals surface area contributed by atoms with Crippen LogP contribution in [-0.2, 0) is 0 Å². The highest BCUT2D eigenvalue weighted by molar-refractivity contribution is 9.11. The Labute approximate surface area is 112 Å². The molecule has 2 heterocycles. The molecule has 0 spiro atoms. The van der Waals surface area contributed by atoms with Crippen LogP contribution in [0.25, 0.3) is 0 Å². The summed E-state index contributed by atoms with van der Waals surface area (Å²) in [6, 6.07) is 3.79. The van der Waals surface area contributed by atoms with Crippen molar-refractivity contribution in [3.05, 3.63) is 33.3 Å². The molecule has 0 saturated heterocycles. The Bertz CT molecular complexity index is 503. The molecule has 4 nitrogen and oxygen atoms in total. The van der Waals surface area contributed by atoms with Gasteiger partial charge in [0, 0.05) is 12.3 Å². The molecule has 2 rings (SSSR count). The number of ether oxygens (including phenoxy) is 1. The van der Waals surface area contributed by atoms with Crippen molar-refractivity contribution in [1.29, 1.82) is 0 Å². The van der Waals surface area contributed by atoms with E-state index in [0.717, 1.165) is 20.4 Å². The van der Waals surface area contributed by atoms with Crippen LogP contribution < -0.4 is 10.1 Å². The molecule has 0 aliphatic heterocycles. The lowest BCUT2D eigenvalue weighted by Gasteiger charge is -2.12. The average molecular weight is 314 g/mol. The van der Waals surface area contributed by atoms with Gasteiger partial charge in [-0.15, -0.1) is 11.3 Å². The van der Waals surface area contributed by atoms with Gasteiger partial charge < -0.3 is 10.1 Å². The smallest absolute Gasteiger partial charge is 0.130 e. The highest BCUT2D eigenvalue weighted by atomic mass is 79.9. The number of halogens is 1. The van der Waals surface area contributed by atoms with E-state index in [2.05, 4.69) is 31.2 Å². The van der Waals surface area contributed by atoms with Crippen LogP contribution in [0.1, 0.15) is 18.0 Å². The summed E-state index contributed by atoms with van der Waals surface area (Å²) in [5.74, 6) is 1.57. The standard InChI is InChI=1S/C11H12BrN3OS/c1-7(11-14-6-9(12)17-11)15-10-5-8(16-2)3-4-13-10/h3-7H,1-2H3,(H,13,15). The quantitative estimate of drug-likeness (QED) is 0.938. The summed E-state index contributed by atoms with van der Waals surface area (Å²) < 4.78 is 6.17. The van der Waals surface area contributed by atoms with E-state index in [1.54, 1.807) is 30.8 Å². The van der Waals surface area contributed by atoms with Crippen LogP contribution in [0.4, 0.5) is 5.82 Å². The molecule has 0 aromatic carbocycles. The van der Waals surface area contributed by atoms with Gasteiger partial charge in [0.25, 0.3) is 0 Å². The number of nitrogens with zero attached hydrogens (tertiary/aromatic N) is 2. The molecule has 2 aromatic heterocycles. The molecule has 2 aromatic rings. The second kappa shape index (κ2) is 5.46. The van der Waals surface area contributed by atoms with Gasteiger partial charge in [0.15, 0.2) is 0 Å². The Morgan fingerprint density at radius 1 is 1.47 bits per heavy atom. The number of pyridine rings is 1. The minimum atomic E-state index is 0.117. The normalized spacial score (nSPS) is 12.2. The molecule has 0 fully saturated rings. The largest absolute Gasteiger partial charge is 0.497 e. The molecule has 0 amide bonds. The molecule has 0 saturated carbocycles. The second-order valence-corrected chi connectivity index (χ2v) is 5.89. The van der Waals surface area contributed by atoms with Crippen molar-refractivity contribution in [2.24, 2.45) is 0 Å². The first-order chi connectivity index (χ1) is 8.19. The van der Waals surface area contributed by atoms with E-state index in [0.29, 0.717) is 0 Å². The summed E-state index contributed by atoms with van der Waals surface area (Å²) in [6.07, 6.45) is 3.52. The summed E-state index contributed by atoms with van der Waals surface area (Å²) in [5, 5.41) is 4.30. The van der Waals surface area contributed by atoms with E-state index in [9.17, 15) is 0 Å². The minimum Gasteiger partial charge on any atom is -0.497 e. The van der Waals surface area contributed by atoms with Crippen molar-refractivity contribution in [3.8, 4) is 5.75 Å². The molecule has 0 bridgehead atoms. The lowest BCUT2D eigenvalue weighted by molar-refractivity contribution is 0.414. The Morgan fingerprint density at radius 3 is 2.94 bits per heavy atom. The number of aromatic nitrogens is 2. The average Bonchev–Trinajstić information content (AvgIpc) is 2.76. The highest BCUT2D eigenvalue weighted by Crippen LogP contribution is 2.26. The van der Waals surface area contributed by atoms with Crippen LogP contribution in [0.5, 0.6) is 5.75 Å². The zero-order valence-electron chi connectivity index (χ0n) is 9.48. The van der Waals surface area contributed by atoms with Gasteiger partial charge in [0.1, 0.15) is 16.6 Å². The van der Waals surface area contributed by atoms with Crippen LogP contribution in [0, 0.1) is 0 Å². The number of nitrogens with one attached hydrogen (secondary N) is 1. The summed E-state index contributed by atoms with van der Waals surface area (Å²) in [5.41, 5.74) is 0. The van der Waals surface area contributed by atoms with E-state index in [-0.39, 0.29) is 6.04 Å². The van der Waals surface area contributed by atoms with Crippen LogP contribution in [0.2, 0.25) is 0 Å². The van der Waals surface area contributed by atoms with E-state index < -0.39 is 0 Å². The summed E-state index contributed by atoms with van der Waals surface area (Å²) in [4.78, 5) is 8.54. The third-order valence-corrected chi connectivity index (χ3v) is 3.86. The van der Waals surface area contributed by atoms with Gasteiger partial charge in [-0.25, -0.2) is 9.97 Å². The van der Waals surface area contributed by atoms with Crippen molar-refractivity contribution in [2.75, 3.05) is 12.4 Å². The maximum atomic E-state index is 5.15. The third-order valence-electron chi connectivity index (χ3n) is 2.20. The Balaban J connectivity index is 2.09. The predicted octanol–water partition coefficient (Wildman–Crippen LogP) is 3.48. The molecule has 1 N–H and O–H groups in total.